The first-order chi connectivity index (χ1) is 10.2. The molecule has 0 bridgehead atoms. The van der Waals surface area contributed by atoms with Gasteiger partial charge in [0, 0.05) is 13.2 Å². The maximum absolute atomic E-state index is 11.3. The summed E-state index contributed by atoms with van der Waals surface area (Å²) in [6, 6.07) is -0.425. The zero-order chi connectivity index (χ0) is 15.1. The number of urea groups is 1. The van der Waals surface area contributed by atoms with Crippen molar-refractivity contribution < 1.29 is 9.53 Å². The molecule has 0 aromatic heterocycles. The smallest absolute Gasteiger partial charge is 0.312 e. The summed E-state index contributed by atoms with van der Waals surface area (Å²) in [4.78, 5) is 11.3. The lowest BCUT2D eigenvalue weighted by Gasteiger charge is -2.49. The van der Waals surface area contributed by atoms with Gasteiger partial charge in [-0.15, -0.1) is 0 Å². The number of hydrogen-bond donors (Lipinski definition) is 2. The molecule has 4 nitrogen and oxygen atoms in total. The van der Waals surface area contributed by atoms with Crippen LogP contribution in [0, 0.1) is 11.8 Å². The van der Waals surface area contributed by atoms with Crippen LogP contribution < -0.4 is 11.1 Å². The highest BCUT2D eigenvalue weighted by atomic mass is 16.5. The van der Waals surface area contributed by atoms with Crippen molar-refractivity contribution in [3.8, 4) is 0 Å². The van der Waals surface area contributed by atoms with E-state index in [2.05, 4.69) is 12.2 Å². The molecule has 0 radical (unpaired) electrons. The molecular formula is C17H32N2O2. The van der Waals surface area contributed by atoms with Gasteiger partial charge in [-0.1, -0.05) is 38.5 Å². The Morgan fingerprint density at radius 2 is 1.52 bits per heavy atom. The van der Waals surface area contributed by atoms with Crippen molar-refractivity contribution >= 4 is 6.03 Å². The van der Waals surface area contributed by atoms with Gasteiger partial charge in [0.2, 0.25) is 0 Å². The fourth-order valence-corrected chi connectivity index (χ4v) is 4.59. The summed E-state index contributed by atoms with van der Waals surface area (Å²) in [7, 11) is 0. The monoisotopic (exact) mass is 296 g/mol. The molecule has 2 aliphatic rings. The first-order valence-electron chi connectivity index (χ1n) is 8.86. The summed E-state index contributed by atoms with van der Waals surface area (Å²) in [6.07, 6.45) is 12.8. The minimum absolute atomic E-state index is 0.190. The second-order valence-corrected chi connectivity index (χ2v) is 6.78. The maximum Gasteiger partial charge on any atom is 0.312 e. The Kier molecular flexibility index (Phi) is 6.34. The molecule has 0 atom stereocenters. The first-order valence-corrected chi connectivity index (χ1v) is 8.86. The van der Waals surface area contributed by atoms with E-state index in [0.29, 0.717) is 25.0 Å². The summed E-state index contributed by atoms with van der Waals surface area (Å²) < 4.78 is 6.39. The van der Waals surface area contributed by atoms with E-state index in [0.717, 1.165) is 0 Å². The Balaban J connectivity index is 2.19. The second-order valence-electron chi connectivity index (χ2n) is 6.78. The molecular weight excluding hydrogens is 264 g/mol. The molecule has 0 aromatic carbocycles. The fourth-order valence-electron chi connectivity index (χ4n) is 4.59. The van der Waals surface area contributed by atoms with Gasteiger partial charge in [0.05, 0.1) is 5.60 Å². The number of rotatable bonds is 6. The Bertz CT molecular complexity index is 303. The quantitative estimate of drug-likeness (QED) is 0.786. The highest BCUT2D eigenvalue weighted by Gasteiger charge is 2.46. The van der Waals surface area contributed by atoms with Crippen LogP contribution in [0.25, 0.3) is 0 Å². The van der Waals surface area contributed by atoms with Gasteiger partial charge >= 0.3 is 6.03 Å². The van der Waals surface area contributed by atoms with Crippen LogP contribution in [0.15, 0.2) is 0 Å². The molecule has 0 aliphatic heterocycles. The van der Waals surface area contributed by atoms with Crippen molar-refractivity contribution in [2.24, 2.45) is 17.6 Å². The lowest BCUT2D eigenvalue weighted by Crippen LogP contribution is -2.57. The van der Waals surface area contributed by atoms with E-state index in [4.69, 9.17) is 10.5 Å². The molecule has 0 saturated heterocycles. The van der Waals surface area contributed by atoms with E-state index >= 15 is 0 Å². The molecule has 2 amide bonds. The fraction of sp³-hybridized carbons (Fsp3) is 0.941. The molecule has 0 spiro atoms. The van der Waals surface area contributed by atoms with Crippen molar-refractivity contribution in [1.82, 2.24) is 5.32 Å². The van der Waals surface area contributed by atoms with Crippen LogP contribution in [-0.4, -0.2) is 24.8 Å². The molecule has 2 rings (SSSR count). The average molecular weight is 296 g/mol. The van der Waals surface area contributed by atoms with Gasteiger partial charge in [-0.25, -0.2) is 4.79 Å². The van der Waals surface area contributed by atoms with Crippen LogP contribution in [0.4, 0.5) is 4.79 Å². The maximum atomic E-state index is 11.3. The summed E-state index contributed by atoms with van der Waals surface area (Å²) in [5, 5.41) is 2.88. The molecule has 3 N–H and O–H groups in total. The molecule has 4 heteroatoms. The Morgan fingerprint density at radius 1 is 1.05 bits per heavy atom. The summed E-state index contributed by atoms with van der Waals surface area (Å²) in [5.74, 6) is 1.14. The van der Waals surface area contributed by atoms with Gasteiger partial charge in [-0.2, -0.15) is 0 Å². The number of nitrogens with one attached hydrogen (secondary N) is 1. The van der Waals surface area contributed by atoms with Crippen molar-refractivity contribution in [3.63, 3.8) is 0 Å². The molecule has 0 heterocycles. The number of nitrogens with two attached hydrogens (primary N) is 1. The van der Waals surface area contributed by atoms with E-state index in [1.165, 1.54) is 64.2 Å². The van der Waals surface area contributed by atoms with Crippen molar-refractivity contribution in [2.75, 3.05) is 13.2 Å². The molecule has 21 heavy (non-hydrogen) atoms. The van der Waals surface area contributed by atoms with Gasteiger partial charge in [-0.3, -0.25) is 0 Å². The highest BCUT2D eigenvalue weighted by Crippen LogP contribution is 2.45. The summed E-state index contributed by atoms with van der Waals surface area (Å²) in [6.45, 7) is 3.38. The average Bonchev–Trinajstić information content (AvgIpc) is 2.53. The molecule has 2 saturated carbocycles. The zero-order valence-corrected chi connectivity index (χ0v) is 13.5. The minimum atomic E-state index is -0.425. The SMILES string of the molecule is CCOC(CNC(N)=O)(C1CCCCC1)C1CCCCC1. The second kappa shape index (κ2) is 8.02. The molecule has 122 valence electrons. The van der Waals surface area contributed by atoms with Crippen molar-refractivity contribution in [1.29, 1.82) is 0 Å². The predicted octanol–water partition coefficient (Wildman–Crippen LogP) is 3.59. The summed E-state index contributed by atoms with van der Waals surface area (Å²) >= 11 is 0. The van der Waals surface area contributed by atoms with Gasteiger partial charge < -0.3 is 15.8 Å². The van der Waals surface area contributed by atoms with Crippen LogP contribution in [-0.2, 0) is 4.74 Å². The van der Waals surface area contributed by atoms with Crippen LogP contribution in [0.5, 0.6) is 0 Å². The molecule has 0 aromatic rings. The number of ether oxygens (including phenoxy) is 1. The number of carbonyl (C=O) groups excluding carboxylic acids is 1. The Hall–Kier alpha value is -0.770. The van der Waals surface area contributed by atoms with E-state index in [-0.39, 0.29) is 5.60 Å². The normalized spacial score (nSPS) is 22.1. The number of primary amides is 1. The van der Waals surface area contributed by atoms with Crippen molar-refractivity contribution in [2.45, 2.75) is 76.7 Å². The molecule has 2 aliphatic carbocycles. The zero-order valence-electron chi connectivity index (χ0n) is 13.5. The van der Waals surface area contributed by atoms with Crippen LogP contribution >= 0.6 is 0 Å². The lowest BCUT2D eigenvalue weighted by atomic mass is 9.66. The number of amides is 2. The molecule has 2 fully saturated rings. The van der Waals surface area contributed by atoms with Crippen molar-refractivity contribution in [3.05, 3.63) is 0 Å². The summed E-state index contributed by atoms with van der Waals surface area (Å²) in [5.41, 5.74) is 5.16. The molecule has 0 unspecified atom stereocenters. The largest absolute Gasteiger partial charge is 0.373 e. The van der Waals surface area contributed by atoms with Gasteiger partial charge in [0.1, 0.15) is 0 Å². The predicted molar refractivity (Wildman–Crippen MR) is 85.1 cm³/mol. The van der Waals surface area contributed by atoms with Gasteiger partial charge in [0.15, 0.2) is 0 Å². The van der Waals surface area contributed by atoms with Gasteiger partial charge in [-0.05, 0) is 44.4 Å². The van der Waals surface area contributed by atoms with E-state index in [1.807, 2.05) is 0 Å². The number of hydrogen-bond acceptors (Lipinski definition) is 2. The topological polar surface area (TPSA) is 64.3 Å². The number of carbonyl (C=O) groups is 1. The third kappa shape index (κ3) is 4.12. The third-order valence-corrected chi connectivity index (χ3v) is 5.54. The van der Waals surface area contributed by atoms with Crippen LogP contribution in [0.2, 0.25) is 0 Å². The van der Waals surface area contributed by atoms with Gasteiger partial charge in [0.25, 0.3) is 0 Å². The third-order valence-electron chi connectivity index (χ3n) is 5.54. The van der Waals surface area contributed by atoms with E-state index in [1.54, 1.807) is 0 Å². The Labute approximate surface area is 129 Å². The lowest BCUT2D eigenvalue weighted by molar-refractivity contribution is -0.135. The standard InChI is InChI=1S/C17H32N2O2/c1-2-21-17(13-19-16(18)20,14-9-5-3-6-10-14)15-11-7-4-8-12-15/h14-15H,2-13H2,1H3,(H3,18,19,20). The minimum Gasteiger partial charge on any atom is -0.373 e. The first kappa shape index (κ1) is 16.6. The Morgan fingerprint density at radius 3 is 1.90 bits per heavy atom. The van der Waals surface area contributed by atoms with Crippen LogP contribution in [0.1, 0.15) is 71.1 Å². The van der Waals surface area contributed by atoms with E-state index in [9.17, 15) is 4.79 Å². The van der Waals surface area contributed by atoms with E-state index < -0.39 is 6.03 Å². The van der Waals surface area contributed by atoms with Crippen LogP contribution in [0.3, 0.4) is 0 Å². The highest BCUT2D eigenvalue weighted by molar-refractivity contribution is 5.71.